The van der Waals surface area contributed by atoms with Crippen molar-refractivity contribution in [3.8, 4) is 0 Å². The summed E-state index contributed by atoms with van der Waals surface area (Å²) in [6.07, 6.45) is -4.84. The Hall–Kier alpha value is -1.57. The normalized spacial score (nSPS) is 23.1. The van der Waals surface area contributed by atoms with Crippen molar-refractivity contribution in [2.45, 2.75) is 25.2 Å². The number of rotatable bonds is 2. The van der Waals surface area contributed by atoms with E-state index in [1.807, 2.05) is 0 Å². The summed E-state index contributed by atoms with van der Waals surface area (Å²) in [4.78, 5) is 24.1. The second-order valence-electron chi connectivity index (χ2n) is 4.54. The molecule has 0 saturated carbocycles. The Labute approximate surface area is 121 Å². The molecule has 1 saturated heterocycles. The number of halogens is 4. The van der Waals surface area contributed by atoms with E-state index in [0.29, 0.717) is 21.9 Å². The first-order valence-corrected chi connectivity index (χ1v) is 6.40. The Balaban J connectivity index is 2.29. The molecule has 1 heterocycles. The summed E-state index contributed by atoms with van der Waals surface area (Å²) in [6, 6.07) is 5.64. The summed E-state index contributed by atoms with van der Waals surface area (Å²) in [5.74, 6) is -1.30. The van der Waals surface area contributed by atoms with Gasteiger partial charge in [-0.3, -0.25) is 9.69 Å². The molecule has 1 aliphatic rings. The van der Waals surface area contributed by atoms with Crippen LogP contribution in [0.3, 0.4) is 0 Å². The van der Waals surface area contributed by atoms with Crippen LogP contribution in [0.1, 0.15) is 12.5 Å². The van der Waals surface area contributed by atoms with Gasteiger partial charge in [-0.15, -0.1) is 0 Å². The molecule has 108 valence electrons. The first-order chi connectivity index (χ1) is 9.17. The zero-order valence-corrected chi connectivity index (χ0v) is 11.9. The van der Waals surface area contributed by atoms with Crippen LogP contribution in [-0.4, -0.2) is 28.6 Å². The van der Waals surface area contributed by atoms with Gasteiger partial charge in [0.1, 0.15) is 0 Å². The monoisotopic (exact) mass is 350 g/mol. The predicted octanol–water partition coefficient (Wildman–Crippen LogP) is 2.82. The van der Waals surface area contributed by atoms with Crippen LogP contribution in [-0.2, 0) is 11.3 Å². The van der Waals surface area contributed by atoms with Crippen molar-refractivity contribution >= 4 is 27.9 Å². The predicted molar refractivity (Wildman–Crippen MR) is 67.7 cm³/mol. The third kappa shape index (κ3) is 2.28. The topological polar surface area (TPSA) is 49.4 Å². The molecule has 1 unspecified atom stereocenters. The Bertz CT molecular complexity index is 576. The SMILES string of the molecule is CC1(C(F)(F)F)NC(=O)N(Cc2ccccc2Br)C1=O. The van der Waals surface area contributed by atoms with Gasteiger partial charge >= 0.3 is 12.2 Å². The molecule has 0 aliphatic carbocycles. The molecule has 8 heteroatoms. The highest BCUT2D eigenvalue weighted by atomic mass is 79.9. The average molecular weight is 351 g/mol. The minimum absolute atomic E-state index is 0.224. The van der Waals surface area contributed by atoms with E-state index in [2.05, 4.69) is 15.9 Å². The molecule has 1 fully saturated rings. The highest BCUT2D eigenvalue weighted by Crippen LogP contribution is 2.36. The quantitative estimate of drug-likeness (QED) is 0.833. The lowest BCUT2D eigenvalue weighted by molar-refractivity contribution is -0.191. The largest absolute Gasteiger partial charge is 0.420 e. The van der Waals surface area contributed by atoms with Gasteiger partial charge < -0.3 is 5.32 Å². The van der Waals surface area contributed by atoms with Gasteiger partial charge in [0, 0.05) is 4.47 Å². The molecule has 1 aliphatic heterocycles. The summed E-state index contributed by atoms with van der Waals surface area (Å²) >= 11 is 3.22. The fourth-order valence-corrected chi connectivity index (χ4v) is 2.24. The van der Waals surface area contributed by atoms with E-state index >= 15 is 0 Å². The number of amides is 3. The van der Waals surface area contributed by atoms with Crippen molar-refractivity contribution in [2.75, 3.05) is 0 Å². The summed E-state index contributed by atoms with van der Waals surface area (Å²) < 4.78 is 39.3. The maximum absolute atomic E-state index is 12.9. The molecule has 0 aromatic heterocycles. The zero-order valence-electron chi connectivity index (χ0n) is 10.3. The summed E-state index contributed by atoms with van der Waals surface area (Å²) in [7, 11) is 0. The standard InChI is InChI=1S/C12H10BrF3N2O2/c1-11(12(14,15)16)9(19)18(10(20)17-11)6-7-4-2-3-5-8(7)13/h2-5H,6H2,1H3,(H,17,20). The van der Waals surface area contributed by atoms with Gasteiger partial charge in [-0.25, -0.2) is 4.79 Å². The fourth-order valence-electron chi connectivity index (χ4n) is 1.83. The van der Waals surface area contributed by atoms with Gasteiger partial charge in [-0.2, -0.15) is 13.2 Å². The van der Waals surface area contributed by atoms with Crippen molar-refractivity contribution in [2.24, 2.45) is 0 Å². The van der Waals surface area contributed by atoms with Crippen LogP contribution in [0, 0.1) is 0 Å². The highest BCUT2D eigenvalue weighted by molar-refractivity contribution is 9.10. The number of alkyl halides is 3. The summed E-state index contributed by atoms with van der Waals surface area (Å²) in [5, 5.41) is 1.71. The second kappa shape index (κ2) is 4.76. The first kappa shape index (κ1) is 14.8. The molecular formula is C12H10BrF3N2O2. The first-order valence-electron chi connectivity index (χ1n) is 5.61. The van der Waals surface area contributed by atoms with Crippen molar-refractivity contribution in [1.82, 2.24) is 10.2 Å². The van der Waals surface area contributed by atoms with E-state index in [0.717, 1.165) is 0 Å². The molecule has 20 heavy (non-hydrogen) atoms. The van der Waals surface area contributed by atoms with Crippen molar-refractivity contribution < 1.29 is 22.8 Å². The van der Waals surface area contributed by atoms with Gasteiger partial charge in [0.05, 0.1) is 6.54 Å². The summed E-state index contributed by atoms with van der Waals surface area (Å²) in [5.41, 5.74) is -2.33. The second-order valence-corrected chi connectivity index (χ2v) is 5.39. The maximum Gasteiger partial charge on any atom is 0.420 e. The molecule has 1 atom stereocenters. The molecule has 1 N–H and O–H groups in total. The number of nitrogens with zero attached hydrogens (tertiary/aromatic N) is 1. The van der Waals surface area contributed by atoms with Crippen LogP contribution in [0.4, 0.5) is 18.0 Å². The maximum atomic E-state index is 12.9. The van der Waals surface area contributed by atoms with Crippen molar-refractivity contribution in [1.29, 1.82) is 0 Å². The third-order valence-corrected chi connectivity index (χ3v) is 3.90. The number of hydrogen-bond donors (Lipinski definition) is 1. The fraction of sp³-hybridized carbons (Fsp3) is 0.333. The van der Waals surface area contributed by atoms with Crippen molar-refractivity contribution in [3.63, 3.8) is 0 Å². The van der Waals surface area contributed by atoms with Gasteiger partial charge in [-0.05, 0) is 18.6 Å². The Morgan fingerprint density at radius 3 is 2.40 bits per heavy atom. The van der Waals surface area contributed by atoms with E-state index in [4.69, 9.17) is 0 Å². The van der Waals surface area contributed by atoms with E-state index in [9.17, 15) is 22.8 Å². The lowest BCUT2D eigenvalue weighted by Crippen LogP contribution is -2.56. The molecular weight excluding hydrogens is 341 g/mol. The number of nitrogens with one attached hydrogen (secondary N) is 1. The molecule has 1 aromatic rings. The minimum Gasteiger partial charge on any atom is -0.316 e. The number of carbonyl (C=O) groups is 2. The minimum atomic E-state index is -4.84. The third-order valence-electron chi connectivity index (χ3n) is 3.13. The number of carbonyl (C=O) groups excluding carboxylic acids is 2. The molecule has 2 rings (SSSR count). The number of urea groups is 1. The number of benzene rings is 1. The Morgan fingerprint density at radius 2 is 1.90 bits per heavy atom. The zero-order chi connectivity index (χ0) is 15.1. The highest BCUT2D eigenvalue weighted by Gasteiger charge is 2.64. The Kier molecular flexibility index (Phi) is 3.53. The molecule has 0 radical (unpaired) electrons. The lowest BCUT2D eigenvalue weighted by atomic mass is 10.0. The van der Waals surface area contributed by atoms with E-state index < -0.39 is 23.7 Å². The number of hydrogen-bond acceptors (Lipinski definition) is 2. The number of imide groups is 1. The van der Waals surface area contributed by atoms with Gasteiger partial charge in [-0.1, -0.05) is 34.1 Å². The molecule has 1 aromatic carbocycles. The average Bonchev–Trinajstić information content (AvgIpc) is 2.56. The van der Waals surface area contributed by atoms with Gasteiger partial charge in [0.2, 0.25) is 5.54 Å². The summed E-state index contributed by atoms with van der Waals surface area (Å²) in [6.45, 7) is 0.436. The van der Waals surface area contributed by atoms with Crippen LogP contribution < -0.4 is 5.32 Å². The van der Waals surface area contributed by atoms with E-state index in [-0.39, 0.29) is 6.54 Å². The molecule has 3 amide bonds. The lowest BCUT2D eigenvalue weighted by Gasteiger charge is -2.24. The molecule has 0 bridgehead atoms. The van der Waals surface area contributed by atoms with Crippen LogP contribution in [0.25, 0.3) is 0 Å². The molecule has 4 nitrogen and oxygen atoms in total. The van der Waals surface area contributed by atoms with Crippen LogP contribution in [0.2, 0.25) is 0 Å². The van der Waals surface area contributed by atoms with Crippen molar-refractivity contribution in [3.05, 3.63) is 34.3 Å². The molecule has 0 spiro atoms. The Morgan fingerprint density at radius 1 is 1.30 bits per heavy atom. The smallest absolute Gasteiger partial charge is 0.316 e. The van der Waals surface area contributed by atoms with Crippen LogP contribution >= 0.6 is 15.9 Å². The van der Waals surface area contributed by atoms with Gasteiger partial charge in [0.25, 0.3) is 5.91 Å². The van der Waals surface area contributed by atoms with E-state index in [1.165, 1.54) is 0 Å². The van der Waals surface area contributed by atoms with Crippen LogP contribution in [0.5, 0.6) is 0 Å². The van der Waals surface area contributed by atoms with Crippen LogP contribution in [0.15, 0.2) is 28.7 Å². The van der Waals surface area contributed by atoms with E-state index in [1.54, 1.807) is 29.6 Å². The van der Waals surface area contributed by atoms with Gasteiger partial charge in [0.15, 0.2) is 0 Å².